The van der Waals surface area contributed by atoms with Gasteiger partial charge in [-0.25, -0.2) is 12.7 Å². The van der Waals surface area contributed by atoms with E-state index in [4.69, 9.17) is 0 Å². The average Bonchev–Trinajstić information content (AvgIpc) is 3.29. The van der Waals surface area contributed by atoms with E-state index < -0.39 is 10.0 Å². The summed E-state index contributed by atoms with van der Waals surface area (Å²) < 4.78 is 27.9. The minimum Gasteiger partial charge on any atom is -0.302 e. The zero-order chi connectivity index (χ0) is 18.7. The van der Waals surface area contributed by atoms with Gasteiger partial charge in [-0.15, -0.1) is 21.5 Å². The third-order valence-electron chi connectivity index (χ3n) is 3.82. The monoisotopic (exact) mass is 408 g/mol. The summed E-state index contributed by atoms with van der Waals surface area (Å²) in [6, 6.07) is 11.1. The largest absolute Gasteiger partial charge is 0.302 e. The van der Waals surface area contributed by atoms with Gasteiger partial charge in [-0.3, -0.25) is 0 Å². The molecule has 26 heavy (non-hydrogen) atoms. The van der Waals surface area contributed by atoms with E-state index in [-0.39, 0.29) is 0 Å². The van der Waals surface area contributed by atoms with E-state index >= 15 is 0 Å². The van der Waals surface area contributed by atoms with Crippen LogP contribution in [0.1, 0.15) is 12.5 Å². The van der Waals surface area contributed by atoms with E-state index in [1.807, 2.05) is 23.6 Å². The Labute approximate surface area is 161 Å². The Balaban J connectivity index is 1.80. The fraction of sp³-hybridized carbons (Fsp3) is 0.294. The minimum absolute atomic E-state index is 0.303. The highest BCUT2D eigenvalue weighted by Gasteiger charge is 2.18. The molecule has 0 amide bonds. The minimum atomic E-state index is -3.43. The molecule has 3 aromatic rings. The van der Waals surface area contributed by atoms with Crippen molar-refractivity contribution in [1.82, 2.24) is 19.1 Å². The van der Waals surface area contributed by atoms with Crippen LogP contribution in [0.25, 0.3) is 10.7 Å². The zero-order valence-corrected chi connectivity index (χ0v) is 17.2. The molecule has 0 aliphatic rings. The van der Waals surface area contributed by atoms with Crippen molar-refractivity contribution in [3.05, 3.63) is 47.3 Å². The first-order valence-electron chi connectivity index (χ1n) is 8.05. The molecule has 138 valence electrons. The molecule has 0 aliphatic carbocycles. The second kappa shape index (κ2) is 7.91. The van der Waals surface area contributed by atoms with Gasteiger partial charge in [0.15, 0.2) is 11.0 Å². The van der Waals surface area contributed by atoms with Gasteiger partial charge in [0.2, 0.25) is 10.0 Å². The molecule has 0 unspecified atom stereocenters. The maximum absolute atomic E-state index is 12.3. The third-order valence-corrected chi connectivity index (χ3v) is 7.53. The summed E-state index contributed by atoms with van der Waals surface area (Å²) in [4.78, 5) is 1.39. The summed E-state index contributed by atoms with van der Waals surface area (Å²) in [6.07, 6.45) is 0. The molecule has 0 bridgehead atoms. The molecule has 0 saturated carbocycles. The zero-order valence-electron chi connectivity index (χ0n) is 14.8. The fourth-order valence-corrected chi connectivity index (χ4v) is 5.06. The van der Waals surface area contributed by atoms with Crippen molar-refractivity contribution in [2.24, 2.45) is 0 Å². The van der Waals surface area contributed by atoms with E-state index in [0.717, 1.165) is 28.0 Å². The maximum Gasteiger partial charge on any atom is 0.242 e. The summed E-state index contributed by atoms with van der Waals surface area (Å²) in [5.74, 6) is 1.49. The number of aromatic nitrogens is 3. The molecule has 2 heterocycles. The van der Waals surface area contributed by atoms with Crippen LogP contribution in [0.15, 0.2) is 51.8 Å². The van der Waals surface area contributed by atoms with Gasteiger partial charge in [-0.1, -0.05) is 30.0 Å². The summed E-state index contributed by atoms with van der Waals surface area (Å²) in [7, 11) is -0.360. The van der Waals surface area contributed by atoms with E-state index in [2.05, 4.69) is 21.7 Å². The van der Waals surface area contributed by atoms with E-state index in [1.54, 1.807) is 41.3 Å². The number of sulfonamides is 1. The van der Waals surface area contributed by atoms with Crippen LogP contribution in [-0.2, 0) is 22.3 Å². The van der Waals surface area contributed by atoms with Crippen molar-refractivity contribution >= 4 is 33.1 Å². The molecule has 3 rings (SSSR count). The first-order valence-corrected chi connectivity index (χ1v) is 11.4. The second-order valence-corrected chi connectivity index (χ2v) is 9.79. The number of thiophene rings is 1. The maximum atomic E-state index is 12.3. The van der Waals surface area contributed by atoms with Crippen molar-refractivity contribution in [3.8, 4) is 10.7 Å². The van der Waals surface area contributed by atoms with Gasteiger partial charge in [-0.05, 0) is 36.1 Å². The summed E-state index contributed by atoms with van der Waals surface area (Å²) >= 11 is 3.19. The Hall–Kier alpha value is -1.68. The first-order chi connectivity index (χ1) is 12.4. The van der Waals surface area contributed by atoms with E-state index in [0.29, 0.717) is 10.6 Å². The van der Waals surface area contributed by atoms with Gasteiger partial charge >= 0.3 is 0 Å². The highest BCUT2D eigenvalue weighted by molar-refractivity contribution is 7.98. The molecule has 0 spiro atoms. The van der Waals surface area contributed by atoms with Crippen molar-refractivity contribution in [2.45, 2.75) is 29.3 Å². The van der Waals surface area contributed by atoms with Crippen LogP contribution in [0.4, 0.5) is 0 Å². The van der Waals surface area contributed by atoms with Gasteiger partial charge in [-0.2, -0.15) is 0 Å². The van der Waals surface area contributed by atoms with Crippen LogP contribution in [0.2, 0.25) is 0 Å². The van der Waals surface area contributed by atoms with Gasteiger partial charge in [0, 0.05) is 26.4 Å². The number of rotatable bonds is 7. The van der Waals surface area contributed by atoms with Crippen LogP contribution in [0, 0.1) is 0 Å². The van der Waals surface area contributed by atoms with Crippen molar-refractivity contribution in [2.75, 3.05) is 14.1 Å². The van der Waals surface area contributed by atoms with Crippen LogP contribution in [0.5, 0.6) is 0 Å². The van der Waals surface area contributed by atoms with Crippen LogP contribution in [0.3, 0.4) is 0 Å². The van der Waals surface area contributed by atoms with Crippen LogP contribution < -0.4 is 0 Å². The van der Waals surface area contributed by atoms with Gasteiger partial charge in [0.1, 0.15) is 0 Å². The summed E-state index contributed by atoms with van der Waals surface area (Å²) in [5, 5.41) is 11.5. The molecule has 0 N–H and O–H groups in total. The van der Waals surface area contributed by atoms with E-state index in [1.165, 1.54) is 18.4 Å². The van der Waals surface area contributed by atoms with Gasteiger partial charge in [0.05, 0.1) is 9.77 Å². The lowest BCUT2D eigenvalue weighted by atomic mass is 10.2. The predicted molar refractivity (Wildman–Crippen MR) is 106 cm³/mol. The summed E-state index contributed by atoms with van der Waals surface area (Å²) in [5.41, 5.74) is 0.932. The van der Waals surface area contributed by atoms with Gasteiger partial charge < -0.3 is 4.57 Å². The van der Waals surface area contributed by atoms with Crippen molar-refractivity contribution in [1.29, 1.82) is 0 Å². The molecular weight excluding hydrogens is 388 g/mol. The predicted octanol–water partition coefficient (Wildman–Crippen LogP) is 3.57. The molecular formula is C17H20N4O2S3. The molecule has 2 aromatic heterocycles. The molecule has 0 aliphatic heterocycles. The average molecular weight is 409 g/mol. The Kier molecular flexibility index (Phi) is 5.81. The number of benzene rings is 1. The standard InChI is InChI=1S/C17H20N4O2S3/c1-4-21-16(15-9-6-10-24-15)18-19-17(21)25-12-13-7-5-8-14(11-13)26(22,23)20(2)3/h5-11H,4,12H2,1-3H3. The van der Waals surface area contributed by atoms with Crippen LogP contribution >= 0.6 is 23.1 Å². The Bertz CT molecular complexity index is 979. The molecule has 0 atom stereocenters. The second-order valence-electron chi connectivity index (χ2n) is 5.75. The number of hydrogen-bond donors (Lipinski definition) is 0. The van der Waals surface area contributed by atoms with Crippen LogP contribution in [-0.4, -0.2) is 41.6 Å². The Morgan fingerprint density at radius 3 is 2.65 bits per heavy atom. The molecule has 1 aromatic carbocycles. The molecule has 6 nitrogen and oxygen atoms in total. The topological polar surface area (TPSA) is 68.1 Å². The fourth-order valence-electron chi connectivity index (χ4n) is 2.42. The molecule has 0 radical (unpaired) electrons. The summed E-state index contributed by atoms with van der Waals surface area (Å²) in [6.45, 7) is 2.84. The molecule has 9 heteroatoms. The SMILES string of the molecule is CCn1c(SCc2cccc(S(=O)(=O)N(C)C)c2)nnc1-c1cccs1. The smallest absolute Gasteiger partial charge is 0.242 e. The van der Waals surface area contributed by atoms with Crippen molar-refractivity contribution in [3.63, 3.8) is 0 Å². The van der Waals surface area contributed by atoms with Gasteiger partial charge in [0.25, 0.3) is 0 Å². The third kappa shape index (κ3) is 3.85. The molecule has 0 saturated heterocycles. The normalized spacial score (nSPS) is 12.0. The number of hydrogen-bond acceptors (Lipinski definition) is 6. The lowest BCUT2D eigenvalue weighted by molar-refractivity contribution is 0.520. The Morgan fingerprint density at radius 1 is 1.19 bits per heavy atom. The quantitative estimate of drug-likeness (QED) is 0.559. The highest BCUT2D eigenvalue weighted by atomic mass is 32.2. The Morgan fingerprint density at radius 2 is 2.00 bits per heavy atom. The molecule has 0 fully saturated rings. The lowest BCUT2D eigenvalue weighted by Crippen LogP contribution is -2.22. The number of nitrogens with zero attached hydrogens (tertiary/aromatic N) is 4. The highest BCUT2D eigenvalue weighted by Crippen LogP contribution is 2.29. The van der Waals surface area contributed by atoms with E-state index in [9.17, 15) is 8.42 Å². The number of thioether (sulfide) groups is 1. The van der Waals surface area contributed by atoms with Crippen molar-refractivity contribution < 1.29 is 8.42 Å². The lowest BCUT2D eigenvalue weighted by Gasteiger charge is -2.12. The first kappa shape index (κ1) is 19.1.